The van der Waals surface area contributed by atoms with Crippen LogP contribution in [-0.2, 0) is 4.74 Å². The molecule has 16 heavy (non-hydrogen) atoms. The van der Waals surface area contributed by atoms with E-state index in [9.17, 15) is 10.1 Å². The maximum absolute atomic E-state index is 10.4. The molecule has 6 heteroatoms. The van der Waals surface area contributed by atoms with Gasteiger partial charge in [-0.25, -0.2) is 4.98 Å². The number of nitro groups is 1. The number of rotatable bonds is 3. The molecule has 1 saturated heterocycles. The summed E-state index contributed by atoms with van der Waals surface area (Å²) in [7, 11) is 0. The predicted octanol–water partition coefficient (Wildman–Crippen LogP) is 1.58. The zero-order valence-corrected chi connectivity index (χ0v) is 8.92. The molecule has 2 unspecified atom stereocenters. The van der Waals surface area contributed by atoms with E-state index in [1.807, 2.05) is 6.92 Å². The van der Waals surface area contributed by atoms with E-state index in [0.29, 0.717) is 5.82 Å². The van der Waals surface area contributed by atoms with Crippen LogP contribution in [0.1, 0.15) is 13.3 Å². The molecule has 86 valence electrons. The summed E-state index contributed by atoms with van der Waals surface area (Å²) in [6, 6.07) is 3.29. The van der Waals surface area contributed by atoms with Crippen LogP contribution in [0, 0.1) is 10.1 Å². The van der Waals surface area contributed by atoms with Gasteiger partial charge < -0.3 is 10.1 Å². The van der Waals surface area contributed by atoms with Gasteiger partial charge in [0.2, 0.25) is 0 Å². The van der Waals surface area contributed by atoms with Gasteiger partial charge in [-0.05, 0) is 19.4 Å². The summed E-state index contributed by atoms with van der Waals surface area (Å²) in [6.45, 7) is 2.74. The second-order valence-corrected chi connectivity index (χ2v) is 3.77. The molecule has 1 fully saturated rings. The van der Waals surface area contributed by atoms with E-state index in [0.717, 1.165) is 13.0 Å². The fourth-order valence-electron chi connectivity index (χ4n) is 1.69. The molecular formula is C10H13N3O3. The zero-order valence-electron chi connectivity index (χ0n) is 8.92. The maximum atomic E-state index is 10.4. The Hall–Kier alpha value is -1.69. The summed E-state index contributed by atoms with van der Waals surface area (Å²) < 4.78 is 5.40. The van der Waals surface area contributed by atoms with Gasteiger partial charge in [0.05, 0.1) is 17.1 Å². The number of nitrogens with one attached hydrogen (secondary N) is 1. The molecule has 0 radical (unpaired) electrons. The molecule has 1 aromatic heterocycles. The number of nitrogens with zero attached hydrogens (tertiary/aromatic N) is 2. The molecule has 1 N–H and O–H groups in total. The van der Waals surface area contributed by atoms with Crippen molar-refractivity contribution in [3.63, 3.8) is 0 Å². The lowest BCUT2D eigenvalue weighted by Crippen LogP contribution is -2.27. The predicted molar refractivity (Wildman–Crippen MR) is 58.3 cm³/mol. The second kappa shape index (κ2) is 4.44. The first-order valence-electron chi connectivity index (χ1n) is 5.15. The van der Waals surface area contributed by atoms with Crippen molar-refractivity contribution >= 4 is 11.5 Å². The van der Waals surface area contributed by atoms with Gasteiger partial charge in [-0.2, -0.15) is 0 Å². The standard InChI is InChI=1S/C10H13N3O3/c1-7-9(4-5-16-7)12-10-3-2-8(6-11-10)13(14)15/h2-3,6-7,9H,4-5H2,1H3,(H,11,12). The highest BCUT2D eigenvalue weighted by atomic mass is 16.6. The topological polar surface area (TPSA) is 77.3 Å². The van der Waals surface area contributed by atoms with Gasteiger partial charge in [0.15, 0.2) is 0 Å². The molecule has 0 saturated carbocycles. The molecule has 0 amide bonds. The van der Waals surface area contributed by atoms with Crippen molar-refractivity contribution in [1.82, 2.24) is 4.98 Å². The highest BCUT2D eigenvalue weighted by Gasteiger charge is 2.24. The largest absolute Gasteiger partial charge is 0.376 e. The number of anilines is 1. The lowest BCUT2D eigenvalue weighted by molar-refractivity contribution is -0.385. The van der Waals surface area contributed by atoms with Gasteiger partial charge >= 0.3 is 0 Å². The van der Waals surface area contributed by atoms with Crippen LogP contribution in [0.2, 0.25) is 0 Å². The first-order chi connectivity index (χ1) is 7.66. The first-order valence-corrected chi connectivity index (χ1v) is 5.15. The third-order valence-corrected chi connectivity index (χ3v) is 2.67. The van der Waals surface area contributed by atoms with Gasteiger partial charge in [-0.1, -0.05) is 0 Å². The molecule has 2 atom stereocenters. The van der Waals surface area contributed by atoms with Crippen LogP contribution >= 0.6 is 0 Å². The average molecular weight is 223 g/mol. The third kappa shape index (κ3) is 2.27. The smallest absolute Gasteiger partial charge is 0.287 e. The molecule has 0 aromatic carbocycles. The highest BCUT2D eigenvalue weighted by molar-refractivity contribution is 5.41. The van der Waals surface area contributed by atoms with E-state index >= 15 is 0 Å². The second-order valence-electron chi connectivity index (χ2n) is 3.77. The molecule has 2 rings (SSSR count). The Morgan fingerprint density at radius 1 is 1.62 bits per heavy atom. The minimum atomic E-state index is -0.460. The van der Waals surface area contributed by atoms with Crippen LogP contribution in [0.4, 0.5) is 11.5 Å². The van der Waals surface area contributed by atoms with Crippen molar-refractivity contribution in [2.45, 2.75) is 25.5 Å². The van der Waals surface area contributed by atoms with Crippen LogP contribution in [0.25, 0.3) is 0 Å². The van der Waals surface area contributed by atoms with E-state index in [1.165, 1.54) is 12.3 Å². The molecular weight excluding hydrogens is 210 g/mol. The van der Waals surface area contributed by atoms with Crippen LogP contribution < -0.4 is 5.32 Å². The molecule has 0 aliphatic carbocycles. The van der Waals surface area contributed by atoms with Gasteiger partial charge in [-0.15, -0.1) is 0 Å². The van der Waals surface area contributed by atoms with E-state index in [4.69, 9.17) is 4.74 Å². The lowest BCUT2D eigenvalue weighted by Gasteiger charge is -2.16. The van der Waals surface area contributed by atoms with Crippen LogP contribution in [0.15, 0.2) is 18.3 Å². The molecule has 1 aliphatic rings. The summed E-state index contributed by atoms with van der Waals surface area (Å²) in [5, 5.41) is 13.6. The molecule has 0 bridgehead atoms. The Morgan fingerprint density at radius 3 is 2.94 bits per heavy atom. The fraction of sp³-hybridized carbons (Fsp3) is 0.500. The van der Waals surface area contributed by atoms with Crippen molar-refractivity contribution < 1.29 is 9.66 Å². The monoisotopic (exact) mass is 223 g/mol. The molecule has 1 aromatic rings. The Morgan fingerprint density at radius 2 is 2.44 bits per heavy atom. The normalized spacial score (nSPS) is 24.3. The minimum Gasteiger partial charge on any atom is -0.376 e. The molecule has 2 heterocycles. The van der Waals surface area contributed by atoms with Crippen molar-refractivity contribution in [2.24, 2.45) is 0 Å². The van der Waals surface area contributed by atoms with Gasteiger partial charge in [-0.3, -0.25) is 10.1 Å². The van der Waals surface area contributed by atoms with Gasteiger partial charge in [0, 0.05) is 12.7 Å². The molecule has 6 nitrogen and oxygen atoms in total. The van der Waals surface area contributed by atoms with Gasteiger partial charge in [0.25, 0.3) is 5.69 Å². The van der Waals surface area contributed by atoms with Crippen molar-refractivity contribution in [3.8, 4) is 0 Å². The Balaban J connectivity index is 2.02. The quantitative estimate of drug-likeness (QED) is 0.621. The SMILES string of the molecule is CC1OCCC1Nc1ccc([N+](=O)[O-])cn1. The van der Waals surface area contributed by atoms with Crippen molar-refractivity contribution in [3.05, 3.63) is 28.4 Å². The molecule has 0 spiro atoms. The number of aromatic nitrogens is 1. The minimum absolute atomic E-state index is 0.00118. The average Bonchev–Trinajstić information content (AvgIpc) is 2.65. The number of hydrogen-bond donors (Lipinski definition) is 1. The number of hydrogen-bond acceptors (Lipinski definition) is 5. The molecule has 1 aliphatic heterocycles. The van der Waals surface area contributed by atoms with Gasteiger partial charge in [0.1, 0.15) is 12.0 Å². The zero-order chi connectivity index (χ0) is 11.5. The van der Waals surface area contributed by atoms with Crippen LogP contribution in [-0.4, -0.2) is 28.7 Å². The number of pyridine rings is 1. The van der Waals surface area contributed by atoms with Crippen LogP contribution in [0.3, 0.4) is 0 Å². The number of ether oxygens (including phenoxy) is 1. The van der Waals surface area contributed by atoms with Crippen molar-refractivity contribution in [2.75, 3.05) is 11.9 Å². The summed E-state index contributed by atoms with van der Waals surface area (Å²) in [6.07, 6.45) is 2.33. The highest BCUT2D eigenvalue weighted by Crippen LogP contribution is 2.18. The van der Waals surface area contributed by atoms with Crippen LogP contribution in [0.5, 0.6) is 0 Å². The van der Waals surface area contributed by atoms with E-state index in [1.54, 1.807) is 6.07 Å². The Labute approximate surface area is 92.8 Å². The lowest BCUT2D eigenvalue weighted by atomic mass is 10.1. The Kier molecular flexibility index (Phi) is 3.00. The first kappa shape index (κ1) is 10.8. The maximum Gasteiger partial charge on any atom is 0.287 e. The third-order valence-electron chi connectivity index (χ3n) is 2.67. The fourth-order valence-corrected chi connectivity index (χ4v) is 1.69. The van der Waals surface area contributed by atoms with E-state index < -0.39 is 4.92 Å². The van der Waals surface area contributed by atoms with E-state index in [-0.39, 0.29) is 17.8 Å². The van der Waals surface area contributed by atoms with Crippen molar-refractivity contribution in [1.29, 1.82) is 0 Å². The summed E-state index contributed by atoms with van der Waals surface area (Å²) in [5.41, 5.74) is 0.00118. The summed E-state index contributed by atoms with van der Waals surface area (Å²) >= 11 is 0. The Bertz CT molecular complexity index is 379. The van der Waals surface area contributed by atoms with E-state index in [2.05, 4.69) is 10.3 Å². The summed E-state index contributed by atoms with van der Waals surface area (Å²) in [4.78, 5) is 14.0. The summed E-state index contributed by atoms with van der Waals surface area (Å²) in [5.74, 6) is 0.646.